The first kappa shape index (κ1) is 21.6. The number of para-hydroxylation sites is 2. The van der Waals surface area contributed by atoms with E-state index in [-0.39, 0.29) is 11.3 Å². The number of carbonyl (C=O) groups excluding carboxylic acids is 1. The molecule has 3 aromatic carbocycles. The van der Waals surface area contributed by atoms with E-state index in [2.05, 4.69) is 43.2 Å². The molecule has 0 bridgehead atoms. The third-order valence-electron chi connectivity index (χ3n) is 5.57. The van der Waals surface area contributed by atoms with Crippen LogP contribution in [-0.2, 0) is 12.0 Å². The standard InChI is InChI=1S/C27H29N3O2/c1-19-9-5-6-10-22(19)25(31)29-26-28-23-11-7-8-12-24(23)30(26)17-18-32-21-15-13-20(14-16-21)27(2,3)4/h5-16H,17-18H2,1-4H3,(H,28,29,31). The minimum atomic E-state index is -0.168. The zero-order valence-corrected chi connectivity index (χ0v) is 19.1. The maximum Gasteiger partial charge on any atom is 0.258 e. The lowest BCUT2D eigenvalue weighted by atomic mass is 9.87. The highest BCUT2D eigenvalue weighted by molar-refractivity contribution is 6.05. The molecule has 0 fully saturated rings. The quantitative estimate of drug-likeness (QED) is 0.412. The van der Waals surface area contributed by atoms with Crippen molar-refractivity contribution in [1.29, 1.82) is 0 Å². The van der Waals surface area contributed by atoms with Crippen molar-refractivity contribution in [2.45, 2.75) is 39.7 Å². The van der Waals surface area contributed by atoms with Gasteiger partial charge in [-0.25, -0.2) is 4.98 Å². The summed E-state index contributed by atoms with van der Waals surface area (Å²) in [6.45, 7) is 9.53. The van der Waals surface area contributed by atoms with Crippen LogP contribution in [0.1, 0.15) is 42.3 Å². The van der Waals surface area contributed by atoms with Gasteiger partial charge in [0.2, 0.25) is 5.95 Å². The topological polar surface area (TPSA) is 56.2 Å². The number of nitrogens with zero attached hydrogens (tertiary/aromatic N) is 2. The molecule has 5 nitrogen and oxygen atoms in total. The summed E-state index contributed by atoms with van der Waals surface area (Å²) in [4.78, 5) is 17.5. The first-order chi connectivity index (χ1) is 15.3. The zero-order chi connectivity index (χ0) is 22.7. The summed E-state index contributed by atoms with van der Waals surface area (Å²) in [6, 6.07) is 23.6. The lowest BCUT2D eigenvalue weighted by Gasteiger charge is -2.19. The van der Waals surface area contributed by atoms with Crippen molar-refractivity contribution in [3.05, 3.63) is 89.5 Å². The molecular weight excluding hydrogens is 398 g/mol. The summed E-state index contributed by atoms with van der Waals surface area (Å²) in [5, 5.41) is 2.99. The van der Waals surface area contributed by atoms with Crippen LogP contribution in [0.15, 0.2) is 72.8 Å². The number of carbonyl (C=O) groups is 1. The molecule has 1 aromatic heterocycles. The number of hydrogen-bond acceptors (Lipinski definition) is 3. The van der Waals surface area contributed by atoms with Gasteiger partial charge in [0.25, 0.3) is 5.91 Å². The molecule has 0 unspecified atom stereocenters. The van der Waals surface area contributed by atoms with Gasteiger partial charge in [0.05, 0.1) is 17.6 Å². The van der Waals surface area contributed by atoms with Crippen LogP contribution in [0.5, 0.6) is 5.75 Å². The molecule has 0 atom stereocenters. The minimum Gasteiger partial charge on any atom is -0.492 e. The number of anilines is 1. The van der Waals surface area contributed by atoms with E-state index in [1.54, 1.807) is 0 Å². The fourth-order valence-electron chi connectivity index (χ4n) is 3.70. The molecule has 4 rings (SSSR count). The molecule has 32 heavy (non-hydrogen) atoms. The Labute approximate surface area is 189 Å². The van der Waals surface area contributed by atoms with Crippen LogP contribution in [0, 0.1) is 6.92 Å². The van der Waals surface area contributed by atoms with E-state index < -0.39 is 0 Å². The first-order valence-corrected chi connectivity index (χ1v) is 10.9. The second-order valence-electron chi connectivity index (χ2n) is 8.97. The molecule has 0 aliphatic rings. The Morgan fingerprint density at radius 2 is 1.66 bits per heavy atom. The van der Waals surface area contributed by atoms with Crippen LogP contribution in [-0.4, -0.2) is 22.1 Å². The van der Waals surface area contributed by atoms with E-state index in [9.17, 15) is 4.79 Å². The van der Waals surface area contributed by atoms with Crippen LogP contribution in [0.3, 0.4) is 0 Å². The molecule has 0 radical (unpaired) electrons. The van der Waals surface area contributed by atoms with Crippen molar-refractivity contribution in [3.63, 3.8) is 0 Å². The van der Waals surface area contributed by atoms with Gasteiger partial charge >= 0.3 is 0 Å². The Hall–Kier alpha value is -3.60. The normalized spacial score (nSPS) is 11.5. The maximum atomic E-state index is 12.9. The largest absolute Gasteiger partial charge is 0.492 e. The van der Waals surface area contributed by atoms with Gasteiger partial charge in [-0.1, -0.05) is 63.2 Å². The van der Waals surface area contributed by atoms with Gasteiger partial charge in [-0.15, -0.1) is 0 Å². The van der Waals surface area contributed by atoms with Crippen molar-refractivity contribution < 1.29 is 9.53 Å². The van der Waals surface area contributed by atoms with E-state index in [4.69, 9.17) is 4.74 Å². The highest BCUT2D eigenvalue weighted by Gasteiger charge is 2.16. The minimum absolute atomic E-state index is 0.110. The smallest absolute Gasteiger partial charge is 0.258 e. The van der Waals surface area contributed by atoms with E-state index >= 15 is 0 Å². The molecule has 0 saturated heterocycles. The third-order valence-corrected chi connectivity index (χ3v) is 5.57. The molecule has 4 aromatic rings. The monoisotopic (exact) mass is 427 g/mol. The predicted molar refractivity (Wildman–Crippen MR) is 130 cm³/mol. The van der Waals surface area contributed by atoms with Gasteiger partial charge in [0, 0.05) is 5.56 Å². The Balaban J connectivity index is 1.52. The van der Waals surface area contributed by atoms with Gasteiger partial charge in [0.1, 0.15) is 12.4 Å². The molecule has 0 aliphatic carbocycles. The Morgan fingerprint density at radius 3 is 2.38 bits per heavy atom. The average Bonchev–Trinajstić information content (AvgIpc) is 3.11. The van der Waals surface area contributed by atoms with Crippen LogP contribution in [0.25, 0.3) is 11.0 Å². The van der Waals surface area contributed by atoms with Crippen molar-refractivity contribution in [2.75, 3.05) is 11.9 Å². The molecule has 0 spiro atoms. The third kappa shape index (κ3) is 4.67. The molecular formula is C27H29N3O2. The van der Waals surface area contributed by atoms with Crippen molar-refractivity contribution in [2.24, 2.45) is 0 Å². The SMILES string of the molecule is Cc1ccccc1C(=O)Nc1nc2ccccc2n1CCOc1ccc(C(C)(C)C)cc1. The second kappa shape index (κ2) is 8.87. The number of aryl methyl sites for hydroxylation is 1. The summed E-state index contributed by atoms with van der Waals surface area (Å²) in [5.41, 5.74) is 4.74. The number of nitrogens with one attached hydrogen (secondary N) is 1. The summed E-state index contributed by atoms with van der Waals surface area (Å²) in [5.74, 6) is 1.18. The van der Waals surface area contributed by atoms with E-state index in [0.717, 1.165) is 22.3 Å². The number of rotatable bonds is 6. The highest BCUT2D eigenvalue weighted by Crippen LogP contribution is 2.25. The van der Waals surface area contributed by atoms with Gasteiger partial charge in [-0.2, -0.15) is 0 Å². The van der Waals surface area contributed by atoms with Crippen LogP contribution in [0.4, 0.5) is 5.95 Å². The Bertz CT molecular complexity index is 1230. The van der Waals surface area contributed by atoms with E-state index in [1.165, 1.54) is 5.56 Å². The Morgan fingerprint density at radius 1 is 0.969 bits per heavy atom. The van der Waals surface area contributed by atoms with Crippen molar-refractivity contribution in [1.82, 2.24) is 9.55 Å². The summed E-state index contributed by atoms with van der Waals surface area (Å²) < 4.78 is 7.99. The predicted octanol–water partition coefficient (Wildman–Crippen LogP) is 5.97. The van der Waals surface area contributed by atoms with Gasteiger partial charge in [-0.3, -0.25) is 10.1 Å². The summed E-state index contributed by atoms with van der Waals surface area (Å²) in [6.07, 6.45) is 0. The molecule has 1 N–H and O–H groups in total. The number of ether oxygens (including phenoxy) is 1. The van der Waals surface area contributed by atoms with Crippen LogP contribution in [0.2, 0.25) is 0 Å². The lowest BCUT2D eigenvalue weighted by Crippen LogP contribution is -2.18. The molecule has 164 valence electrons. The van der Waals surface area contributed by atoms with E-state index in [0.29, 0.717) is 24.7 Å². The van der Waals surface area contributed by atoms with Crippen LogP contribution < -0.4 is 10.1 Å². The fraction of sp³-hybridized carbons (Fsp3) is 0.259. The lowest BCUT2D eigenvalue weighted by molar-refractivity contribution is 0.102. The number of hydrogen-bond donors (Lipinski definition) is 1. The van der Waals surface area contributed by atoms with Crippen molar-refractivity contribution in [3.8, 4) is 5.75 Å². The van der Waals surface area contributed by atoms with Gasteiger partial charge in [-0.05, 0) is 53.8 Å². The Kier molecular flexibility index (Phi) is 5.99. The molecule has 1 heterocycles. The number of fused-ring (bicyclic) bond motifs is 1. The number of benzene rings is 3. The zero-order valence-electron chi connectivity index (χ0n) is 19.1. The van der Waals surface area contributed by atoms with E-state index in [1.807, 2.05) is 72.2 Å². The van der Waals surface area contributed by atoms with Gasteiger partial charge < -0.3 is 9.30 Å². The molecule has 0 aliphatic heterocycles. The maximum absolute atomic E-state index is 12.9. The van der Waals surface area contributed by atoms with Gasteiger partial charge in [0.15, 0.2) is 0 Å². The summed E-state index contributed by atoms with van der Waals surface area (Å²) >= 11 is 0. The van der Waals surface area contributed by atoms with Crippen molar-refractivity contribution >= 4 is 22.9 Å². The fourth-order valence-corrected chi connectivity index (χ4v) is 3.70. The first-order valence-electron chi connectivity index (χ1n) is 10.9. The molecule has 0 saturated carbocycles. The second-order valence-corrected chi connectivity index (χ2v) is 8.97. The number of aromatic nitrogens is 2. The molecule has 1 amide bonds. The highest BCUT2D eigenvalue weighted by atomic mass is 16.5. The number of amides is 1. The summed E-state index contributed by atoms with van der Waals surface area (Å²) in [7, 11) is 0. The molecule has 5 heteroatoms. The average molecular weight is 428 g/mol. The van der Waals surface area contributed by atoms with Crippen LogP contribution >= 0.6 is 0 Å². The number of imidazole rings is 1.